The van der Waals surface area contributed by atoms with E-state index >= 15 is 0 Å². The van der Waals surface area contributed by atoms with Crippen molar-refractivity contribution in [1.29, 1.82) is 0 Å². The molecule has 0 aliphatic carbocycles. The van der Waals surface area contributed by atoms with Crippen molar-refractivity contribution in [1.82, 2.24) is 9.97 Å². The number of benzene rings is 3. The smallest absolute Gasteiger partial charge is 0.120 e. The maximum absolute atomic E-state index is 7.99. The summed E-state index contributed by atoms with van der Waals surface area (Å²) >= 11 is 0. The minimum atomic E-state index is -2.55. The van der Waals surface area contributed by atoms with Crippen LogP contribution in [0.15, 0.2) is 89.6 Å². The van der Waals surface area contributed by atoms with Gasteiger partial charge in [0.05, 0.1) is 5.58 Å². The molecule has 3 aromatic heterocycles. The fourth-order valence-electron chi connectivity index (χ4n) is 4.38. The van der Waals surface area contributed by atoms with E-state index < -0.39 is 21.8 Å². The van der Waals surface area contributed by atoms with Crippen molar-refractivity contribution in [3.8, 4) is 22.5 Å². The molecule has 6 rings (SSSR count). The van der Waals surface area contributed by atoms with Crippen LogP contribution in [0.25, 0.3) is 44.5 Å². The maximum Gasteiger partial charge on any atom is 0.120 e. The number of para-hydroxylation sites is 1. The topological polar surface area (TPSA) is 38.9 Å². The number of fused-ring (bicyclic) bond motifs is 3. The molecule has 3 heterocycles. The number of hydrogen-bond donors (Lipinski definition) is 0. The Bertz CT molecular complexity index is 1930. The van der Waals surface area contributed by atoms with Crippen molar-refractivity contribution < 1.29 is 32.7 Å². The Labute approximate surface area is 254 Å². The first-order valence-corrected chi connectivity index (χ1v) is 15.9. The van der Waals surface area contributed by atoms with Gasteiger partial charge in [-0.15, -0.1) is 53.2 Å². The number of rotatable bonds is 3. The SMILES string of the molecule is Cc1ccc(-c2[c-]cccc2)nc1.[2H]C([2H])([2H])c1cnc(-c2[c-]cc([Si](C)(C)C)c3c2oc2ccccc23)c(C([2H])([2H])[2H])c1.[Ir]. The summed E-state index contributed by atoms with van der Waals surface area (Å²) in [6.07, 6.45) is 3.09. The van der Waals surface area contributed by atoms with Gasteiger partial charge in [-0.2, -0.15) is 0 Å². The summed E-state index contributed by atoms with van der Waals surface area (Å²) in [5, 5.41) is 3.06. The number of aromatic nitrogens is 2. The normalized spacial score (nSPS) is 14.1. The van der Waals surface area contributed by atoms with Crippen LogP contribution in [0.1, 0.15) is 24.9 Å². The van der Waals surface area contributed by atoms with Crippen LogP contribution in [0.4, 0.5) is 0 Å². The summed E-state index contributed by atoms with van der Waals surface area (Å²) in [4.78, 5) is 8.61. The van der Waals surface area contributed by atoms with Crippen molar-refractivity contribution in [3.05, 3.63) is 114 Å². The molecular formula is C34H32IrN2OSi-2. The molecule has 0 bridgehead atoms. The first kappa shape index (κ1) is 21.4. The van der Waals surface area contributed by atoms with Gasteiger partial charge in [0.25, 0.3) is 0 Å². The van der Waals surface area contributed by atoms with Crippen LogP contribution in [0.3, 0.4) is 0 Å². The first-order valence-electron chi connectivity index (χ1n) is 15.4. The zero-order valence-corrected chi connectivity index (χ0v) is 25.6. The van der Waals surface area contributed by atoms with E-state index in [2.05, 4.69) is 47.8 Å². The number of hydrogen-bond acceptors (Lipinski definition) is 3. The second-order valence-electron chi connectivity index (χ2n) is 10.2. The Hall–Kier alpha value is -3.37. The van der Waals surface area contributed by atoms with Gasteiger partial charge in [-0.25, -0.2) is 0 Å². The predicted molar refractivity (Wildman–Crippen MR) is 161 cm³/mol. The molecule has 0 saturated carbocycles. The van der Waals surface area contributed by atoms with Gasteiger partial charge >= 0.3 is 0 Å². The summed E-state index contributed by atoms with van der Waals surface area (Å²) < 4.78 is 53.1. The van der Waals surface area contributed by atoms with Gasteiger partial charge in [-0.05, 0) is 49.2 Å². The summed E-state index contributed by atoms with van der Waals surface area (Å²) in [5.74, 6) is 0. The number of furan rings is 1. The zero-order chi connectivity index (χ0) is 31.9. The Morgan fingerprint density at radius 3 is 2.36 bits per heavy atom. The monoisotopic (exact) mass is 711 g/mol. The summed E-state index contributed by atoms with van der Waals surface area (Å²) in [5.41, 5.74) is 4.79. The molecule has 0 saturated heterocycles. The predicted octanol–water partition coefficient (Wildman–Crippen LogP) is 8.46. The van der Waals surface area contributed by atoms with Crippen molar-refractivity contribution in [2.45, 2.75) is 40.3 Å². The van der Waals surface area contributed by atoms with Gasteiger partial charge in [0.15, 0.2) is 0 Å². The molecule has 0 aliphatic heterocycles. The molecule has 3 nitrogen and oxygen atoms in total. The average molecular weight is 711 g/mol. The van der Waals surface area contributed by atoms with E-state index in [0.717, 1.165) is 27.2 Å². The minimum Gasteiger partial charge on any atom is -0.501 e. The van der Waals surface area contributed by atoms with E-state index in [1.807, 2.05) is 73.8 Å². The van der Waals surface area contributed by atoms with E-state index in [-0.39, 0.29) is 36.9 Å². The number of pyridine rings is 2. The van der Waals surface area contributed by atoms with Crippen molar-refractivity contribution >= 4 is 35.2 Å². The van der Waals surface area contributed by atoms with Crippen LogP contribution >= 0.6 is 0 Å². The number of aryl methyl sites for hydroxylation is 3. The molecule has 0 atom stereocenters. The molecule has 0 N–H and O–H groups in total. The molecule has 3 aromatic carbocycles. The van der Waals surface area contributed by atoms with Crippen LogP contribution < -0.4 is 5.19 Å². The Balaban J connectivity index is 0.000000275. The van der Waals surface area contributed by atoms with E-state index in [0.29, 0.717) is 16.7 Å². The number of nitrogens with zero attached hydrogens (tertiary/aromatic N) is 2. The minimum absolute atomic E-state index is 0. The van der Waals surface area contributed by atoms with E-state index in [4.69, 9.17) is 12.6 Å². The zero-order valence-electron chi connectivity index (χ0n) is 28.2. The second kappa shape index (κ2) is 11.8. The largest absolute Gasteiger partial charge is 0.501 e. The summed E-state index contributed by atoms with van der Waals surface area (Å²) in [6.45, 7) is 3.72. The third-order valence-corrected chi connectivity index (χ3v) is 8.29. The van der Waals surface area contributed by atoms with Crippen molar-refractivity contribution in [2.24, 2.45) is 0 Å². The van der Waals surface area contributed by atoms with E-state index in [1.165, 1.54) is 17.8 Å². The molecule has 39 heavy (non-hydrogen) atoms. The second-order valence-corrected chi connectivity index (χ2v) is 15.3. The molecule has 5 heteroatoms. The van der Waals surface area contributed by atoms with Crippen molar-refractivity contribution in [3.63, 3.8) is 0 Å². The van der Waals surface area contributed by atoms with Crippen LogP contribution in [0.5, 0.6) is 0 Å². The van der Waals surface area contributed by atoms with Gasteiger partial charge in [-0.3, -0.25) is 0 Å². The Morgan fingerprint density at radius 1 is 0.872 bits per heavy atom. The van der Waals surface area contributed by atoms with Gasteiger partial charge in [-0.1, -0.05) is 72.6 Å². The third-order valence-electron chi connectivity index (χ3n) is 6.28. The van der Waals surface area contributed by atoms with Crippen LogP contribution in [0.2, 0.25) is 19.6 Å². The van der Waals surface area contributed by atoms with Gasteiger partial charge in [0.2, 0.25) is 0 Å². The molecule has 0 amide bonds. The van der Waals surface area contributed by atoms with Gasteiger partial charge in [0, 0.05) is 54.2 Å². The van der Waals surface area contributed by atoms with Crippen LogP contribution in [-0.2, 0) is 20.1 Å². The molecule has 1 radical (unpaired) electrons. The van der Waals surface area contributed by atoms with Gasteiger partial charge in [0.1, 0.15) is 5.58 Å². The third kappa shape index (κ3) is 6.12. The average Bonchev–Trinajstić information content (AvgIpc) is 3.36. The molecule has 0 unspecified atom stereocenters. The summed E-state index contributed by atoms with van der Waals surface area (Å²) in [6, 6.07) is 29.1. The fourth-order valence-corrected chi connectivity index (χ4v) is 5.89. The van der Waals surface area contributed by atoms with E-state index in [9.17, 15) is 0 Å². The van der Waals surface area contributed by atoms with Crippen molar-refractivity contribution in [2.75, 3.05) is 0 Å². The molecule has 199 valence electrons. The Morgan fingerprint density at radius 2 is 1.67 bits per heavy atom. The standard InChI is InChI=1S/C22H22NOSi.C12H10N.Ir/c1-14-12-15(2)21(23-13-14)17-10-11-19(25(3,4)5)20-16-8-6-7-9-18(16)24-22(17)20;1-10-7-8-12(13-9-10)11-5-3-2-4-6-11;/h6-9,11-13H,1-5H3;2-5,7-9H,1H3;/q2*-1;/i1D3,2D3;;. The van der Waals surface area contributed by atoms with E-state index in [1.54, 1.807) is 0 Å². The molecule has 0 fully saturated rings. The Kier molecular flexibility index (Phi) is 6.48. The maximum atomic E-state index is 7.99. The molecular weight excluding hydrogens is 673 g/mol. The quantitative estimate of drug-likeness (QED) is 0.137. The van der Waals surface area contributed by atoms with Gasteiger partial charge < -0.3 is 14.4 Å². The van der Waals surface area contributed by atoms with Crippen LogP contribution in [0, 0.1) is 32.8 Å². The fraction of sp³-hybridized carbons (Fsp3) is 0.176. The summed E-state index contributed by atoms with van der Waals surface area (Å²) in [7, 11) is -1.78. The molecule has 0 aliphatic rings. The molecule has 6 aromatic rings. The molecule has 0 spiro atoms. The first-order chi connectivity index (χ1) is 20.6. The van der Waals surface area contributed by atoms with Crippen LogP contribution in [-0.4, -0.2) is 18.0 Å².